The third kappa shape index (κ3) is 3.30. The molecule has 1 aromatic carbocycles. The number of hydrogen-bond donors (Lipinski definition) is 1. The molecule has 6 rings (SSSR count). The molecule has 3 aromatic rings. The molecule has 172 valence electrons. The summed E-state index contributed by atoms with van der Waals surface area (Å²) < 4.78 is 16.3. The van der Waals surface area contributed by atoms with Crippen LogP contribution in [0.4, 0.5) is 5.69 Å². The van der Waals surface area contributed by atoms with E-state index in [0.717, 1.165) is 61.7 Å². The van der Waals surface area contributed by atoms with Crippen LogP contribution >= 0.6 is 0 Å². The first kappa shape index (κ1) is 20.6. The van der Waals surface area contributed by atoms with Gasteiger partial charge in [-0.25, -0.2) is 4.68 Å². The topological polar surface area (TPSA) is 56.5 Å². The van der Waals surface area contributed by atoms with Crippen LogP contribution in [0.3, 0.4) is 0 Å². The molecule has 0 amide bonds. The van der Waals surface area contributed by atoms with E-state index < -0.39 is 0 Å². The first-order chi connectivity index (χ1) is 16.0. The van der Waals surface area contributed by atoms with Crippen LogP contribution in [0.2, 0.25) is 0 Å². The van der Waals surface area contributed by atoms with Crippen molar-refractivity contribution in [2.75, 3.05) is 32.1 Å². The van der Waals surface area contributed by atoms with Crippen molar-refractivity contribution < 1.29 is 9.47 Å². The second kappa shape index (κ2) is 7.50. The lowest BCUT2D eigenvalue weighted by Crippen LogP contribution is -2.46. The summed E-state index contributed by atoms with van der Waals surface area (Å²) in [6, 6.07) is 10.6. The lowest BCUT2D eigenvalue weighted by Gasteiger charge is -2.41. The number of likely N-dealkylation sites (tertiary alicyclic amines) is 1. The maximum absolute atomic E-state index is 6.65. The van der Waals surface area contributed by atoms with Gasteiger partial charge in [0.25, 0.3) is 0 Å². The summed E-state index contributed by atoms with van der Waals surface area (Å²) in [5.74, 6) is 0.865. The summed E-state index contributed by atoms with van der Waals surface area (Å²) in [6.07, 6.45) is 9.03. The van der Waals surface area contributed by atoms with Gasteiger partial charge < -0.3 is 19.4 Å². The van der Waals surface area contributed by atoms with E-state index in [1.807, 2.05) is 6.07 Å². The Bertz CT molecular complexity index is 1200. The smallest absolute Gasteiger partial charge is 0.121 e. The van der Waals surface area contributed by atoms with Crippen LogP contribution in [-0.4, -0.2) is 51.7 Å². The van der Waals surface area contributed by atoms with Gasteiger partial charge in [-0.3, -0.25) is 4.90 Å². The minimum Gasteiger partial charge on any atom is -0.497 e. The van der Waals surface area contributed by atoms with Gasteiger partial charge in [0.1, 0.15) is 11.3 Å². The van der Waals surface area contributed by atoms with Gasteiger partial charge in [0, 0.05) is 56.3 Å². The molecule has 33 heavy (non-hydrogen) atoms. The molecule has 3 aliphatic rings. The lowest BCUT2D eigenvalue weighted by molar-refractivity contribution is -0.0452. The number of aromatic nitrogens is 3. The van der Waals surface area contributed by atoms with Gasteiger partial charge in [-0.1, -0.05) is 6.58 Å². The molecule has 0 aliphatic carbocycles. The highest BCUT2D eigenvalue weighted by Crippen LogP contribution is 2.50. The summed E-state index contributed by atoms with van der Waals surface area (Å²) in [5, 5.41) is 8.37. The first-order valence-corrected chi connectivity index (χ1v) is 11.7. The van der Waals surface area contributed by atoms with Crippen molar-refractivity contribution in [1.82, 2.24) is 19.2 Å². The molecule has 1 unspecified atom stereocenters. The molecule has 2 aromatic heterocycles. The number of nitrogens with one attached hydrogen (secondary N) is 1. The fraction of sp³-hybridized carbons (Fsp3) is 0.423. The summed E-state index contributed by atoms with van der Waals surface area (Å²) in [4.78, 5) is 2.52. The Labute approximate surface area is 194 Å². The fourth-order valence-electron chi connectivity index (χ4n) is 5.88. The predicted octanol–water partition coefficient (Wildman–Crippen LogP) is 4.17. The highest BCUT2D eigenvalue weighted by molar-refractivity contribution is 5.69. The normalized spacial score (nSPS) is 23.3. The second-order valence-electron chi connectivity index (χ2n) is 9.68. The van der Waals surface area contributed by atoms with Crippen LogP contribution in [0.25, 0.3) is 11.9 Å². The van der Waals surface area contributed by atoms with Crippen molar-refractivity contribution in [2.24, 2.45) is 0 Å². The number of fused-ring (bicyclic) bond motifs is 4. The number of hydrogen-bond acceptors (Lipinski definition) is 5. The maximum Gasteiger partial charge on any atom is 0.121 e. The van der Waals surface area contributed by atoms with E-state index in [2.05, 4.69) is 70.0 Å². The van der Waals surface area contributed by atoms with E-state index in [-0.39, 0.29) is 11.1 Å². The molecular formula is C26H31N5O2. The van der Waals surface area contributed by atoms with E-state index in [1.54, 1.807) is 18.0 Å². The quantitative estimate of drug-likeness (QED) is 0.653. The van der Waals surface area contributed by atoms with Crippen LogP contribution in [0.1, 0.15) is 36.2 Å². The first-order valence-electron chi connectivity index (χ1n) is 11.7. The van der Waals surface area contributed by atoms with Crippen molar-refractivity contribution in [3.8, 4) is 11.4 Å². The van der Waals surface area contributed by atoms with E-state index in [1.165, 1.54) is 11.3 Å². The number of benzene rings is 1. The highest BCUT2D eigenvalue weighted by atomic mass is 16.5. The summed E-state index contributed by atoms with van der Waals surface area (Å²) in [5.41, 5.74) is 5.59. The Hall–Kier alpha value is -3.03. The molecule has 7 nitrogen and oxygen atoms in total. The lowest BCUT2D eigenvalue weighted by atomic mass is 9.79. The van der Waals surface area contributed by atoms with Gasteiger partial charge in [0.2, 0.25) is 0 Å². The fourth-order valence-corrected chi connectivity index (χ4v) is 5.88. The zero-order chi connectivity index (χ0) is 22.6. The summed E-state index contributed by atoms with van der Waals surface area (Å²) >= 11 is 0. The van der Waals surface area contributed by atoms with E-state index >= 15 is 0 Å². The zero-order valence-electron chi connectivity index (χ0n) is 19.4. The number of anilines is 1. The highest BCUT2D eigenvalue weighted by Gasteiger charge is 2.53. The van der Waals surface area contributed by atoms with Crippen LogP contribution in [-0.2, 0) is 16.8 Å². The largest absolute Gasteiger partial charge is 0.497 e. The zero-order valence-corrected chi connectivity index (χ0v) is 19.4. The molecule has 3 aliphatic heterocycles. The van der Waals surface area contributed by atoms with Crippen molar-refractivity contribution in [2.45, 2.75) is 43.9 Å². The number of aryl methyl sites for hydroxylation is 1. The van der Waals surface area contributed by atoms with Gasteiger partial charge in [-0.05, 0) is 44.0 Å². The average Bonchev–Trinajstić information content (AvgIpc) is 3.54. The van der Waals surface area contributed by atoms with Crippen LogP contribution in [0.5, 0.6) is 5.75 Å². The molecular weight excluding hydrogens is 414 g/mol. The van der Waals surface area contributed by atoms with Crippen molar-refractivity contribution in [3.05, 3.63) is 66.3 Å². The van der Waals surface area contributed by atoms with Crippen LogP contribution in [0, 0.1) is 6.92 Å². The third-order valence-electron chi connectivity index (χ3n) is 7.69. The number of ether oxygens (including phenoxy) is 2. The molecule has 0 saturated carbocycles. The van der Waals surface area contributed by atoms with Gasteiger partial charge in [-0.2, -0.15) is 5.10 Å². The van der Waals surface area contributed by atoms with E-state index in [0.29, 0.717) is 6.61 Å². The average molecular weight is 446 g/mol. The predicted molar refractivity (Wildman–Crippen MR) is 129 cm³/mol. The standard InChI is InChI=1S/C26H31N5O2/c1-4-30-16-20(19(2)28-30)15-29-12-9-25(10-13-29)17-26(18-33-25)24-6-5-11-31(24)23-8-7-21(32-3)14-22(23)27-26/h4-8,11,14,16,27H,1,9-10,12-13,15,17-18H2,2-3H3. The Balaban J connectivity index is 1.21. The molecule has 0 bridgehead atoms. The van der Waals surface area contributed by atoms with Crippen molar-refractivity contribution >= 4 is 11.9 Å². The number of piperidine rings is 1. The summed E-state index contributed by atoms with van der Waals surface area (Å²) in [6.45, 7) is 9.55. The van der Waals surface area contributed by atoms with Crippen LogP contribution < -0.4 is 10.1 Å². The minimum absolute atomic E-state index is 0.0880. The molecule has 5 heterocycles. The Morgan fingerprint density at radius 1 is 1.27 bits per heavy atom. The molecule has 7 heteroatoms. The Morgan fingerprint density at radius 3 is 2.88 bits per heavy atom. The second-order valence-corrected chi connectivity index (χ2v) is 9.68. The van der Waals surface area contributed by atoms with Crippen LogP contribution in [0.15, 0.2) is 49.3 Å². The summed E-state index contributed by atoms with van der Waals surface area (Å²) in [7, 11) is 1.72. The number of methoxy groups -OCH3 is 1. The third-order valence-corrected chi connectivity index (χ3v) is 7.69. The van der Waals surface area contributed by atoms with Crippen molar-refractivity contribution in [3.63, 3.8) is 0 Å². The molecule has 2 saturated heterocycles. The van der Waals surface area contributed by atoms with Crippen molar-refractivity contribution in [1.29, 1.82) is 0 Å². The van der Waals surface area contributed by atoms with Gasteiger partial charge in [0.05, 0.1) is 42.1 Å². The number of rotatable bonds is 4. The number of nitrogens with zero attached hydrogens (tertiary/aromatic N) is 4. The SMILES string of the molecule is C=Cn1cc(CN2CCC3(CC2)CC2(CO3)Nc3cc(OC)ccc3-n3cccc32)c(C)n1. The Kier molecular flexibility index (Phi) is 4.67. The maximum atomic E-state index is 6.65. The van der Waals surface area contributed by atoms with Gasteiger partial charge in [-0.15, -0.1) is 0 Å². The van der Waals surface area contributed by atoms with Gasteiger partial charge in [0.15, 0.2) is 0 Å². The molecule has 0 radical (unpaired) electrons. The van der Waals surface area contributed by atoms with E-state index in [9.17, 15) is 0 Å². The molecule has 2 spiro atoms. The molecule has 2 fully saturated rings. The molecule has 1 atom stereocenters. The minimum atomic E-state index is -0.216. The van der Waals surface area contributed by atoms with Gasteiger partial charge >= 0.3 is 0 Å². The Morgan fingerprint density at radius 2 is 2.12 bits per heavy atom. The molecule has 1 N–H and O–H groups in total. The van der Waals surface area contributed by atoms with E-state index in [4.69, 9.17) is 9.47 Å². The monoisotopic (exact) mass is 445 g/mol.